The Balaban J connectivity index is 2.10. The lowest BCUT2D eigenvalue weighted by Crippen LogP contribution is -2.10. The first kappa shape index (κ1) is 7.10. The van der Waals surface area contributed by atoms with E-state index >= 15 is 0 Å². The molecule has 0 aliphatic heterocycles. The molecule has 1 heterocycles. The zero-order chi connectivity index (χ0) is 8.60. The molecule has 0 saturated heterocycles. The summed E-state index contributed by atoms with van der Waals surface area (Å²) in [5.41, 5.74) is 5.20. The Hall–Kier alpha value is -1.57. The normalized spacial score (nSPS) is 18.6. The van der Waals surface area contributed by atoms with Gasteiger partial charge < -0.3 is 5.73 Å². The van der Waals surface area contributed by atoms with Crippen molar-refractivity contribution in [3.05, 3.63) is 6.20 Å². The highest BCUT2D eigenvalue weighted by atomic mass is 15.4. The van der Waals surface area contributed by atoms with Gasteiger partial charge in [0.2, 0.25) is 0 Å². The van der Waals surface area contributed by atoms with Crippen LogP contribution in [0.25, 0.3) is 0 Å². The topological polar surface area (TPSA) is 80.5 Å². The molecule has 1 saturated carbocycles. The first-order valence-electron chi connectivity index (χ1n) is 3.81. The van der Waals surface area contributed by atoms with Gasteiger partial charge in [0, 0.05) is 0 Å². The first-order valence-corrected chi connectivity index (χ1v) is 3.81. The van der Waals surface area contributed by atoms with Crippen molar-refractivity contribution < 1.29 is 0 Å². The number of nitrogen functional groups attached to an aromatic ring is 1. The van der Waals surface area contributed by atoms with Crippen LogP contribution in [0.5, 0.6) is 0 Å². The van der Waals surface area contributed by atoms with Crippen LogP contribution in [-0.4, -0.2) is 15.0 Å². The molecule has 0 radical (unpaired) electrons. The molecule has 0 amide bonds. The van der Waals surface area contributed by atoms with Gasteiger partial charge in [-0.05, 0) is 12.8 Å². The quantitative estimate of drug-likeness (QED) is 0.673. The maximum atomic E-state index is 8.78. The molecule has 0 atom stereocenters. The van der Waals surface area contributed by atoms with Gasteiger partial charge >= 0.3 is 0 Å². The maximum Gasteiger partial charge on any atom is 0.165 e. The SMILES string of the molecule is N#CC1(Cn2cc(N)nn2)CC1. The van der Waals surface area contributed by atoms with Crippen LogP contribution in [0.1, 0.15) is 12.8 Å². The van der Waals surface area contributed by atoms with Crippen LogP contribution in [0.3, 0.4) is 0 Å². The highest BCUT2D eigenvalue weighted by molar-refractivity contribution is 5.20. The summed E-state index contributed by atoms with van der Waals surface area (Å²) in [5.74, 6) is 0.406. The van der Waals surface area contributed by atoms with Crippen molar-refractivity contribution in [3.63, 3.8) is 0 Å². The van der Waals surface area contributed by atoms with Gasteiger partial charge in [-0.1, -0.05) is 5.21 Å². The van der Waals surface area contributed by atoms with E-state index < -0.39 is 0 Å². The number of hydrogen-bond acceptors (Lipinski definition) is 4. The van der Waals surface area contributed by atoms with Gasteiger partial charge in [-0.3, -0.25) is 0 Å². The van der Waals surface area contributed by atoms with Crippen molar-refractivity contribution in [2.75, 3.05) is 5.73 Å². The Morgan fingerprint density at radius 1 is 1.75 bits per heavy atom. The van der Waals surface area contributed by atoms with Crippen molar-refractivity contribution >= 4 is 5.82 Å². The molecule has 0 unspecified atom stereocenters. The van der Waals surface area contributed by atoms with E-state index in [4.69, 9.17) is 11.0 Å². The Labute approximate surface area is 69.8 Å². The second kappa shape index (κ2) is 2.21. The molecular formula is C7H9N5. The molecular weight excluding hydrogens is 154 g/mol. The highest BCUT2D eigenvalue weighted by Gasteiger charge is 2.43. The van der Waals surface area contributed by atoms with Crippen LogP contribution in [0.15, 0.2) is 6.20 Å². The molecule has 0 bridgehead atoms. The number of hydrogen-bond donors (Lipinski definition) is 1. The average molecular weight is 163 g/mol. The van der Waals surface area contributed by atoms with Gasteiger partial charge in [-0.15, -0.1) is 5.10 Å². The number of nitriles is 1. The predicted molar refractivity (Wildman–Crippen MR) is 41.7 cm³/mol. The Kier molecular flexibility index (Phi) is 1.30. The number of anilines is 1. The predicted octanol–water partition coefficient (Wildman–Crippen LogP) is 0.164. The van der Waals surface area contributed by atoms with Crippen LogP contribution in [0.4, 0.5) is 5.82 Å². The summed E-state index contributed by atoms with van der Waals surface area (Å²) in [4.78, 5) is 0. The summed E-state index contributed by atoms with van der Waals surface area (Å²) in [6.45, 7) is 0.619. The summed E-state index contributed by atoms with van der Waals surface area (Å²) < 4.78 is 1.63. The zero-order valence-corrected chi connectivity index (χ0v) is 6.56. The number of rotatable bonds is 2. The molecule has 1 aliphatic carbocycles. The van der Waals surface area contributed by atoms with Gasteiger partial charge in [-0.25, -0.2) is 4.68 Å². The van der Waals surface area contributed by atoms with Crippen LogP contribution >= 0.6 is 0 Å². The lowest BCUT2D eigenvalue weighted by molar-refractivity contribution is 0.474. The minimum atomic E-state index is -0.180. The largest absolute Gasteiger partial charge is 0.381 e. The molecule has 62 valence electrons. The van der Waals surface area contributed by atoms with E-state index in [0.717, 1.165) is 12.8 Å². The van der Waals surface area contributed by atoms with Gasteiger partial charge in [0.25, 0.3) is 0 Å². The second-order valence-electron chi connectivity index (χ2n) is 3.23. The lowest BCUT2D eigenvalue weighted by Gasteiger charge is -2.02. The van der Waals surface area contributed by atoms with E-state index in [1.807, 2.05) is 0 Å². The van der Waals surface area contributed by atoms with Gasteiger partial charge in [0.05, 0.1) is 24.2 Å². The molecule has 0 aromatic carbocycles. The number of nitrogens with zero attached hydrogens (tertiary/aromatic N) is 4. The van der Waals surface area contributed by atoms with Crippen LogP contribution in [0.2, 0.25) is 0 Å². The maximum absolute atomic E-state index is 8.78. The molecule has 1 aromatic heterocycles. The third-order valence-corrected chi connectivity index (χ3v) is 2.11. The van der Waals surface area contributed by atoms with Crippen molar-refractivity contribution in [2.24, 2.45) is 5.41 Å². The molecule has 5 heteroatoms. The lowest BCUT2D eigenvalue weighted by atomic mass is 10.1. The summed E-state index contributed by atoms with van der Waals surface area (Å²) in [6, 6.07) is 2.28. The highest BCUT2D eigenvalue weighted by Crippen LogP contribution is 2.46. The smallest absolute Gasteiger partial charge is 0.165 e. The summed E-state index contributed by atoms with van der Waals surface area (Å²) in [6.07, 6.45) is 3.57. The Bertz CT molecular complexity index is 330. The van der Waals surface area contributed by atoms with Gasteiger partial charge in [0.15, 0.2) is 5.82 Å². The fourth-order valence-electron chi connectivity index (χ4n) is 1.16. The monoisotopic (exact) mass is 163 g/mol. The average Bonchev–Trinajstić information content (AvgIpc) is 2.71. The summed E-state index contributed by atoms with van der Waals surface area (Å²) in [5, 5.41) is 16.2. The van der Waals surface area contributed by atoms with Crippen molar-refractivity contribution in [3.8, 4) is 6.07 Å². The van der Waals surface area contributed by atoms with E-state index in [2.05, 4.69) is 16.4 Å². The minimum Gasteiger partial charge on any atom is -0.381 e. The minimum absolute atomic E-state index is 0.180. The number of nitrogens with two attached hydrogens (primary N) is 1. The van der Waals surface area contributed by atoms with Crippen molar-refractivity contribution in [1.29, 1.82) is 5.26 Å². The zero-order valence-electron chi connectivity index (χ0n) is 6.56. The van der Waals surface area contributed by atoms with Crippen molar-refractivity contribution in [2.45, 2.75) is 19.4 Å². The summed E-state index contributed by atoms with van der Waals surface area (Å²) in [7, 11) is 0. The fourth-order valence-corrected chi connectivity index (χ4v) is 1.16. The van der Waals surface area contributed by atoms with E-state index in [-0.39, 0.29) is 5.41 Å². The molecule has 1 aliphatic rings. The molecule has 1 fully saturated rings. The molecule has 0 spiro atoms. The van der Waals surface area contributed by atoms with E-state index in [0.29, 0.717) is 12.4 Å². The third-order valence-electron chi connectivity index (χ3n) is 2.11. The number of aromatic nitrogens is 3. The standard InChI is InChI=1S/C7H9N5/c8-4-7(1-2-7)5-12-3-6(9)10-11-12/h3H,1-2,5,9H2. The molecule has 5 nitrogen and oxygen atoms in total. The van der Waals surface area contributed by atoms with Crippen molar-refractivity contribution in [1.82, 2.24) is 15.0 Å². The molecule has 1 aromatic rings. The molecule has 2 rings (SSSR count). The Morgan fingerprint density at radius 3 is 2.92 bits per heavy atom. The van der Waals surface area contributed by atoms with Gasteiger partial charge in [0.1, 0.15) is 0 Å². The third kappa shape index (κ3) is 1.11. The van der Waals surface area contributed by atoms with Crippen LogP contribution < -0.4 is 5.73 Å². The fraction of sp³-hybridized carbons (Fsp3) is 0.571. The summed E-state index contributed by atoms with van der Waals surface area (Å²) >= 11 is 0. The van der Waals surface area contributed by atoms with E-state index in [9.17, 15) is 0 Å². The van der Waals surface area contributed by atoms with Crippen LogP contribution in [-0.2, 0) is 6.54 Å². The molecule has 12 heavy (non-hydrogen) atoms. The van der Waals surface area contributed by atoms with E-state index in [1.165, 1.54) is 0 Å². The van der Waals surface area contributed by atoms with Gasteiger partial charge in [-0.2, -0.15) is 5.26 Å². The Morgan fingerprint density at radius 2 is 2.50 bits per heavy atom. The van der Waals surface area contributed by atoms with Crippen LogP contribution in [0, 0.1) is 16.7 Å². The van der Waals surface area contributed by atoms with E-state index in [1.54, 1.807) is 10.9 Å². The molecule has 2 N–H and O–H groups in total. The second-order valence-corrected chi connectivity index (χ2v) is 3.23. The first-order chi connectivity index (χ1) is 5.74.